The number of nitrogens with zero attached hydrogens (tertiary/aromatic N) is 1. The summed E-state index contributed by atoms with van der Waals surface area (Å²) in [5.74, 6) is 0.749. The predicted molar refractivity (Wildman–Crippen MR) is 138 cm³/mol. The van der Waals surface area contributed by atoms with Crippen LogP contribution < -0.4 is 29.1 Å². The van der Waals surface area contributed by atoms with E-state index in [0.717, 1.165) is 5.56 Å². The van der Waals surface area contributed by atoms with Gasteiger partial charge in [-0.1, -0.05) is 30.3 Å². The Bertz CT molecular complexity index is 1270. The Hall–Kier alpha value is -4.25. The number of rotatable bonds is 10. The summed E-state index contributed by atoms with van der Waals surface area (Å²) in [7, 11) is 0.336. The van der Waals surface area contributed by atoms with Crippen LogP contribution in [0.1, 0.15) is 5.56 Å². The number of nitrogens with one attached hydrogen (secondary N) is 3. The Kier molecular flexibility index (Phi) is 8.74. The van der Waals surface area contributed by atoms with E-state index in [2.05, 4.69) is 10.0 Å². The molecule has 0 aliphatic carbocycles. The average Bonchev–Trinajstić information content (AvgIpc) is 2.88. The van der Waals surface area contributed by atoms with E-state index in [9.17, 15) is 18.0 Å². The number of benzene rings is 3. The first kappa shape index (κ1) is 26.4. The van der Waals surface area contributed by atoms with Gasteiger partial charge in [-0.25, -0.2) is 9.52 Å². The molecule has 0 aliphatic heterocycles. The van der Waals surface area contributed by atoms with Crippen molar-refractivity contribution in [2.24, 2.45) is 0 Å². The van der Waals surface area contributed by atoms with Crippen molar-refractivity contribution >= 4 is 33.5 Å². The largest absolute Gasteiger partial charge is 0.497 e. The number of amides is 3. The molecular formula is C25H28N4O6S. The fraction of sp³-hybridized carbons (Fsp3) is 0.200. The van der Waals surface area contributed by atoms with Crippen LogP contribution in [0.5, 0.6) is 11.5 Å². The maximum Gasteiger partial charge on any atom is 0.330 e. The van der Waals surface area contributed by atoms with Gasteiger partial charge >= 0.3 is 16.2 Å². The predicted octanol–water partition coefficient (Wildman–Crippen LogP) is 2.93. The highest BCUT2D eigenvalue weighted by Crippen LogP contribution is 2.20. The highest BCUT2D eigenvalue weighted by Gasteiger charge is 2.27. The summed E-state index contributed by atoms with van der Waals surface area (Å²) in [6.07, 6.45) is 0.152. The summed E-state index contributed by atoms with van der Waals surface area (Å²) in [4.78, 5) is 27.4. The minimum absolute atomic E-state index is 0.152. The van der Waals surface area contributed by atoms with E-state index in [1.165, 1.54) is 24.1 Å². The lowest BCUT2D eigenvalue weighted by Crippen LogP contribution is -2.53. The minimum atomic E-state index is -4.27. The smallest absolute Gasteiger partial charge is 0.330 e. The van der Waals surface area contributed by atoms with Crippen LogP contribution in [0, 0.1) is 0 Å². The molecule has 0 fully saturated rings. The second kappa shape index (κ2) is 11.9. The molecule has 190 valence electrons. The first-order valence-corrected chi connectivity index (χ1v) is 12.4. The van der Waals surface area contributed by atoms with Gasteiger partial charge in [-0.05, 0) is 54.1 Å². The molecule has 0 radical (unpaired) electrons. The van der Waals surface area contributed by atoms with Gasteiger partial charge in [0.1, 0.15) is 17.5 Å². The molecule has 0 bridgehead atoms. The number of hydrogen-bond acceptors (Lipinski definition) is 6. The van der Waals surface area contributed by atoms with Gasteiger partial charge in [-0.2, -0.15) is 8.42 Å². The van der Waals surface area contributed by atoms with E-state index in [1.807, 2.05) is 35.1 Å². The zero-order valence-corrected chi connectivity index (χ0v) is 20.9. The molecule has 3 aromatic rings. The van der Waals surface area contributed by atoms with Crippen molar-refractivity contribution in [1.29, 1.82) is 0 Å². The molecule has 0 heterocycles. The van der Waals surface area contributed by atoms with Crippen LogP contribution in [0.3, 0.4) is 0 Å². The van der Waals surface area contributed by atoms with Crippen LogP contribution in [0.2, 0.25) is 0 Å². The quantitative estimate of drug-likeness (QED) is 0.384. The molecule has 36 heavy (non-hydrogen) atoms. The number of methoxy groups -OCH3 is 2. The third kappa shape index (κ3) is 7.37. The molecular weight excluding hydrogens is 484 g/mol. The Morgan fingerprint density at radius 2 is 1.42 bits per heavy atom. The van der Waals surface area contributed by atoms with E-state index in [0.29, 0.717) is 17.2 Å². The zero-order valence-electron chi connectivity index (χ0n) is 20.1. The first-order chi connectivity index (χ1) is 17.2. The van der Waals surface area contributed by atoms with Crippen molar-refractivity contribution in [1.82, 2.24) is 10.0 Å². The summed E-state index contributed by atoms with van der Waals surface area (Å²) in [6.45, 7) is 0. The molecule has 1 atom stereocenters. The number of hydrogen-bond donors (Lipinski definition) is 3. The second-order valence-corrected chi connectivity index (χ2v) is 9.16. The van der Waals surface area contributed by atoms with Gasteiger partial charge in [0.2, 0.25) is 5.91 Å². The lowest BCUT2D eigenvalue weighted by molar-refractivity contribution is -0.120. The zero-order chi connectivity index (χ0) is 26.1. The van der Waals surface area contributed by atoms with Crippen LogP contribution in [-0.2, 0) is 21.4 Å². The Morgan fingerprint density at radius 1 is 0.861 bits per heavy atom. The summed E-state index contributed by atoms with van der Waals surface area (Å²) >= 11 is 0. The molecule has 3 N–H and O–H groups in total. The van der Waals surface area contributed by atoms with Crippen molar-refractivity contribution in [3.63, 3.8) is 0 Å². The topological polar surface area (TPSA) is 126 Å². The molecule has 1 unspecified atom stereocenters. The van der Waals surface area contributed by atoms with Crippen LogP contribution in [0.15, 0.2) is 78.9 Å². The average molecular weight is 513 g/mol. The fourth-order valence-corrected chi connectivity index (χ4v) is 4.17. The third-order valence-corrected chi connectivity index (χ3v) is 6.20. The number of urea groups is 1. The first-order valence-electron chi connectivity index (χ1n) is 10.9. The van der Waals surface area contributed by atoms with E-state index in [-0.39, 0.29) is 12.1 Å². The molecule has 3 amide bonds. The Balaban J connectivity index is 1.73. The van der Waals surface area contributed by atoms with Gasteiger partial charge in [0, 0.05) is 19.2 Å². The van der Waals surface area contributed by atoms with E-state index in [1.54, 1.807) is 50.6 Å². The maximum absolute atomic E-state index is 13.3. The van der Waals surface area contributed by atoms with Crippen LogP contribution >= 0.6 is 0 Å². The van der Waals surface area contributed by atoms with Crippen molar-refractivity contribution in [2.75, 3.05) is 30.9 Å². The molecule has 0 spiro atoms. The summed E-state index contributed by atoms with van der Waals surface area (Å²) < 4.78 is 39.3. The number of carbonyl (C=O) groups excluding carboxylic acids is 2. The van der Waals surface area contributed by atoms with Gasteiger partial charge in [-0.15, -0.1) is 0 Å². The SMILES string of the molecule is COc1ccc(NS(=O)(=O)NC(=O)NC(Cc2ccccc2)C(=O)N(C)c2ccc(OC)cc2)cc1. The van der Waals surface area contributed by atoms with Gasteiger partial charge in [0.05, 0.1) is 19.9 Å². The molecule has 3 rings (SSSR count). The molecule has 3 aromatic carbocycles. The molecule has 0 saturated carbocycles. The number of likely N-dealkylation sites (N-methyl/N-ethyl adjacent to an activating group) is 1. The molecule has 0 saturated heterocycles. The van der Waals surface area contributed by atoms with E-state index >= 15 is 0 Å². The lowest BCUT2D eigenvalue weighted by atomic mass is 10.0. The summed E-state index contributed by atoms with van der Waals surface area (Å²) in [5, 5.41) is 2.49. The summed E-state index contributed by atoms with van der Waals surface area (Å²) in [5.41, 5.74) is 1.60. The number of carbonyl (C=O) groups is 2. The second-order valence-electron chi connectivity index (χ2n) is 7.75. The maximum atomic E-state index is 13.3. The molecule has 0 aromatic heterocycles. The van der Waals surface area contributed by atoms with Crippen LogP contribution in [-0.4, -0.2) is 47.7 Å². The van der Waals surface area contributed by atoms with Gasteiger partial charge in [0.15, 0.2) is 0 Å². The summed E-state index contributed by atoms with van der Waals surface area (Å²) in [6, 6.07) is 20.0. The molecule has 11 heteroatoms. The Morgan fingerprint density at radius 3 is 1.97 bits per heavy atom. The van der Waals surface area contributed by atoms with Gasteiger partial charge < -0.3 is 19.7 Å². The number of ether oxygens (including phenoxy) is 2. The lowest BCUT2D eigenvalue weighted by Gasteiger charge is -2.25. The minimum Gasteiger partial charge on any atom is -0.497 e. The fourth-order valence-electron chi connectivity index (χ4n) is 3.37. The van der Waals surface area contributed by atoms with Crippen molar-refractivity contribution < 1.29 is 27.5 Å². The highest BCUT2D eigenvalue weighted by atomic mass is 32.2. The van der Waals surface area contributed by atoms with E-state index in [4.69, 9.17) is 9.47 Å². The third-order valence-electron chi connectivity index (χ3n) is 5.25. The monoisotopic (exact) mass is 512 g/mol. The van der Waals surface area contributed by atoms with Crippen LogP contribution in [0.4, 0.5) is 16.2 Å². The Labute approximate surface area is 210 Å². The number of anilines is 2. The standard InChI is InChI=1S/C25H28N4O6S/c1-29(20-11-15-22(35-3)16-12-20)24(30)23(17-18-7-5-4-6-8-18)26-25(31)28-36(32,33)27-19-9-13-21(34-2)14-10-19/h4-16,23,27H,17H2,1-3H3,(H2,26,28,31). The van der Waals surface area contributed by atoms with Gasteiger partial charge in [0.25, 0.3) is 0 Å². The van der Waals surface area contributed by atoms with Crippen molar-refractivity contribution in [2.45, 2.75) is 12.5 Å². The highest BCUT2D eigenvalue weighted by molar-refractivity contribution is 7.91. The van der Waals surface area contributed by atoms with Crippen LogP contribution in [0.25, 0.3) is 0 Å². The molecule has 0 aliphatic rings. The normalized spacial score (nSPS) is 11.6. The van der Waals surface area contributed by atoms with Crippen molar-refractivity contribution in [3.05, 3.63) is 84.4 Å². The molecule has 10 nitrogen and oxygen atoms in total. The van der Waals surface area contributed by atoms with E-state index < -0.39 is 28.2 Å². The van der Waals surface area contributed by atoms with Crippen molar-refractivity contribution in [3.8, 4) is 11.5 Å². The van der Waals surface area contributed by atoms with Gasteiger partial charge in [-0.3, -0.25) is 9.52 Å².